The van der Waals surface area contributed by atoms with Gasteiger partial charge in [0.15, 0.2) is 0 Å². The second-order valence-electron chi connectivity index (χ2n) is 7.35. The summed E-state index contributed by atoms with van der Waals surface area (Å²) in [6.07, 6.45) is 11.1. The minimum Gasteiger partial charge on any atom is -0.381 e. The molecule has 0 bridgehead atoms. The van der Waals surface area contributed by atoms with Crippen molar-refractivity contribution in [2.45, 2.75) is 64.4 Å². The molecule has 4 heteroatoms. The summed E-state index contributed by atoms with van der Waals surface area (Å²) in [7, 11) is 0. The van der Waals surface area contributed by atoms with Crippen molar-refractivity contribution in [1.82, 2.24) is 4.90 Å². The second-order valence-corrected chi connectivity index (χ2v) is 7.35. The van der Waals surface area contributed by atoms with Crippen molar-refractivity contribution in [3.05, 3.63) is 11.6 Å². The van der Waals surface area contributed by atoms with Gasteiger partial charge < -0.3 is 14.4 Å². The third-order valence-electron chi connectivity index (χ3n) is 5.70. The van der Waals surface area contributed by atoms with Crippen LogP contribution in [0.15, 0.2) is 11.6 Å². The Morgan fingerprint density at radius 3 is 3.13 bits per heavy atom. The second kappa shape index (κ2) is 7.80. The van der Waals surface area contributed by atoms with Crippen LogP contribution >= 0.6 is 0 Å². The summed E-state index contributed by atoms with van der Waals surface area (Å²) < 4.78 is 11.8. The van der Waals surface area contributed by atoms with Crippen molar-refractivity contribution in [1.29, 1.82) is 0 Å². The van der Waals surface area contributed by atoms with Gasteiger partial charge in [-0.3, -0.25) is 4.79 Å². The average molecular weight is 321 g/mol. The van der Waals surface area contributed by atoms with E-state index in [4.69, 9.17) is 9.47 Å². The molecule has 0 spiro atoms. The van der Waals surface area contributed by atoms with E-state index in [0.29, 0.717) is 12.3 Å². The molecule has 3 aliphatic rings. The summed E-state index contributed by atoms with van der Waals surface area (Å²) in [6.45, 7) is 6.00. The number of piperidine rings is 1. The summed E-state index contributed by atoms with van der Waals surface area (Å²) in [5, 5.41) is 0. The van der Waals surface area contributed by atoms with Gasteiger partial charge in [0.2, 0.25) is 5.91 Å². The van der Waals surface area contributed by atoms with Crippen LogP contribution in [0, 0.1) is 5.41 Å². The van der Waals surface area contributed by atoms with Gasteiger partial charge in [-0.25, -0.2) is 0 Å². The highest BCUT2D eigenvalue weighted by Crippen LogP contribution is 2.40. The summed E-state index contributed by atoms with van der Waals surface area (Å²) in [4.78, 5) is 14.8. The zero-order chi connectivity index (χ0) is 16.1. The molecule has 130 valence electrons. The lowest BCUT2D eigenvalue weighted by molar-refractivity contribution is -0.163. The highest BCUT2D eigenvalue weighted by Gasteiger charge is 2.47. The molecule has 0 radical (unpaired) electrons. The lowest BCUT2D eigenvalue weighted by atomic mass is 9.73. The molecule has 0 saturated carbocycles. The standard InChI is InChI=1S/C19H31NO3/c1-2-22-15-19-10-6-12-23-17(19)9-11-20(14-19)18(21)13-16-7-4-3-5-8-16/h7,17H,2-6,8-15H2,1H3/t17-,19+/m1/s1. The Bertz CT molecular complexity index is 448. The van der Waals surface area contributed by atoms with Gasteiger partial charge in [0.1, 0.15) is 0 Å². The van der Waals surface area contributed by atoms with Crippen molar-refractivity contribution in [3.63, 3.8) is 0 Å². The maximum absolute atomic E-state index is 12.8. The molecule has 0 N–H and O–H groups in total. The first-order valence-electron chi connectivity index (χ1n) is 9.38. The number of likely N-dealkylation sites (tertiary alicyclic amines) is 1. The summed E-state index contributed by atoms with van der Waals surface area (Å²) in [5.74, 6) is 0.304. The van der Waals surface area contributed by atoms with Gasteiger partial charge in [-0.15, -0.1) is 0 Å². The van der Waals surface area contributed by atoms with Crippen molar-refractivity contribution in [2.75, 3.05) is 32.9 Å². The van der Waals surface area contributed by atoms with E-state index < -0.39 is 0 Å². The van der Waals surface area contributed by atoms with Crippen molar-refractivity contribution < 1.29 is 14.3 Å². The molecule has 0 aromatic heterocycles. The number of allylic oxidation sites excluding steroid dienone is 1. The molecule has 0 aromatic rings. The summed E-state index contributed by atoms with van der Waals surface area (Å²) in [5.41, 5.74) is 1.37. The molecule has 3 rings (SSSR count). The predicted molar refractivity (Wildman–Crippen MR) is 90.3 cm³/mol. The molecule has 23 heavy (non-hydrogen) atoms. The normalized spacial score (nSPS) is 31.4. The van der Waals surface area contributed by atoms with Gasteiger partial charge in [-0.05, 0) is 51.9 Å². The number of fused-ring (bicyclic) bond motifs is 1. The first-order valence-corrected chi connectivity index (χ1v) is 9.38. The number of hydrogen-bond acceptors (Lipinski definition) is 3. The van der Waals surface area contributed by atoms with Crippen molar-refractivity contribution in [3.8, 4) is 0 Å². The molecule has 0 unspecified atom stereocenters. The molecule has 4 nitrogen and oxygen atoms in total. The number of nitrogens with zero attached hydrogens (tertiary/aromatic N) is 1. The lowest BCUT2D eigenvalue weighted by Crippen LogP contribution is -2.58. The van der Waals surface area contributed by atoms with Crippen LogP contribution in [0.3, 0.4) is 0 Å². The molecule has 2 aliphatic heterocycles. The molecule has 2 saturated heterocycles. The van der Waals surface area contributed by atoms with Crippen molar-refractivity contribution in [2.24, 2.45) is 5.41 Å². The number of carbonyl (C=O) groups is 1. The van der Waals surface area contributed by atoms with Crippen LogP contribution in [-0.4, -0.2) is 49.8 Å². The Balaban J connectivity index is 1.64. The maximum atomic E-state index is 12.8. The van der Waals surface area contributed by atoms with Gasteiger partial charge >= 0.3 is 0 Å². The molecule has 0 aromatic carbocycles. The van der Waals surface area contributed by atoms with Gasteiger partial charge in [0, 0.05) is 38.1 Å². The van der Waals surface area contributed by atoms with Gasteiger partial charge in [0.05, 0.1) is 12.7 Å². The number of amides is 1. The number of ether oxygens (including phenoxy) is 2. The quantitative estimate of drug-likeness (QED) is 0.729. The summed E-state index contributed by atoms with van der Waals surface area (Å²) >= 11 is 0. The van der Waals surface area contributed by atoms with E-state index in [1.54, 1.807) is 0 Å². The van der Waals surface area contributed by atoms with Crippen LogP contribution in [0.5, 0.6) is 0 Å². The maximum Gasteiger partial charge on any atom is 0.226 e. The minimum absolute atomic E-state index is 0.0170. The first-order chi connectivity index (χ1) is 11.2. The number of carbonyl (C=O) groups excluding carboxylic acids is 1. The van der Waals surface area contributed by atoms with E-state index in [1.165, 1.54) is 18.4 Å². The first kappa shape index (κ1) is 17.0. The lowest BCUT2D eigenvalue weighted by Gasteiger charge is -2.50. The topological polar surface area (TPSA) is 38.8 Å². The summed E-state index contributed by atoms with van der Waals surface area (Å²) in [6, 6.07) is 0. The van der Waals surface area contributed by atoms with E-state index in [0.717, 1.165) is 65.0 Å². The Labute approximate surface area is 140 Å². The molecular weight excluding hydrogens is 290 g/mol. The molecule has 2 fully saturated rings. The molecule has 2 heterocycles. The van der Waals surface area contributed by atoms with Crippen LogP contribution < -0.4 is 0 Å². The zero-order valence-corrected chi connectivity index (χ0v) is 14.5. The van der Waals surface area contributed by atoms with Gasteiger partial charge in [0.25, 0.3) is 0 Å². The highest BCUT2D eigenvalue weighted by atomic mass is 16.5. The number of rotatable bonds is 5. The van der Waals surface area contributed by atoms with Gasteiger partial charge in [-0.2, -0.15) is 0 Å². The Morgan fingerprint density at radius 1 is 1.43 bits per heavy atom. The average Bonchev–Trinajstić information content (AvgIpc) is 2.60. The van der Waals surface area contributed by atoms with Crippen LogP contribution in [-0.2, 0) is 14.3 Å². The fraction of sp³-hybridized carbons (Fsp3) is 0.842. The predicted octanol–water partition coefficient (Wildman–Crippen LogP) is 3.31. The van der Waals surface area contributed by atoms with E-state index >= 15 is 0 Å². The third-order valence-corrected chi connectivity index (χ3v) is 5.70. The van der Waals surface area contributed by atoms with Crippen LogP contribution in [0.2, 0.25) is 0 Å². The smallest absolute Gasteiger partial charge is 0.226 e. The van der Waals surface area contributed by atoms with E-state index in [9.17, 15) is 4.79 Å². The third kappa shape index (κ3) is 3.97. The van der Waals surface area contributed by atoms with Crippen LogP contribution in [0.1, 0.15) is 58.3 Å². The van der Waals surface area contributed by atoms with E-state index in [2.05, 4.69) is 11.0 Å². The molecule has 1 aliphatic carbocycles. The van der Waals surface area contributed by atoms with E-state index in [1.807, 2.05) is 6.92 Å². The molecular formula is C19H31NO3. The SMILES string of the molecule is CCOC[C@@]12CCCO[C@@H]1CCN(C(=O)CC1=CCCCC1)C2. The van der Waals surface area contributed by atoms with E-state index in [-0.39, 0.29) is 11.5 Å². The monoisotopic (exact) mass is 321 g/mol. The van der Waals surface area contributed by atoms with Crippen molar-refractivity contribution >= 4 is 5.91 Å². The minimum atomic E-state index is 0.0170. The molecule has 2 atom stereocenters. The highest BCUT2D eigenvalue weighted by molar-refractivity contribution is 5.79. The fourth-order valence-electron chi connectivity index (χ4n) is 4.39. The van der Waals surface area contributed by atoms with Crippen LogP contribution in [0.25, 0.3) is 0 Å². The van der Waals surface area contributed by atoms with Gasteiger partial charge in [-0.1, -0.05) is 11.6 Å². The number of hydrogen-bond donors (Lipinski definition) is 0. The largest absolute Gasteiger partial charge is 0.381 e. The Hall–Kier alpha value is -0.870. The Kier molecular flexibility index (Phi) is 5.76. The van der Waals surface area contributed by atoms with Crippen LogP contribution in [0.4, 0.5) is 0 Å². The fourth-order valence-corrected chi connectivity index (χ4v) is 4.39. The molecule has 1 amide bonds. The zero-order valence-electron chi connectivity index (χ0n) is 14.5. The Morgan fingerprint density at radius 2 is 2.35 bits per heavy atom.